The summed E-state index contributed by atoms with van der Waals surface area (Å²) < 4.78 is 2.02. The van der Waals surface area contributed by atoms with Crippen LogP contribution < -0.4 is 5.32 Å². The van der Waals surface area contributed by atoms with E-state index >= 15 is 0 Å². The highest BCUT2D eigenvalue weighted by Gasteiger charge is 2.27. The minimum atomic E-state index is -0.312. The number of rotatable bonds is 5. The van der Waals surface area contributed by atoms with E-state index in [1.165, 1.54) is 27.8 Å². The highest BCUT2D eigenvalue weighted by atomic mass is 32.2. The molecule has 0 atom stereocenters. The molecule has 0 saturated carbocycles. The third-order valence-electron chi connectivity index (χ3n) is 3.86. The predicted octanol–water partition coefficient (Wildman–Crippen LogP) is 2.13. The molecule has 1 aliphatic rings. The number of imide groups is 1. The summed E-state index contributed by atoms with van der Waals surface area (Å²) in [6, 6.07) is 5.96. The van der Waals surface area contributed by atoms with Gasteiger partial charge in [-0.25, -0.2) is 9.78 Å². The van der Waals surface area contributed by atoms with Crippen molar-refractivity contribution in [1.29, 1.82) is 0 Å². The largest absolute Gasteiger partial charge is 0.329 e. The van der Waals surface area contributed by atoms with Crippen LogP contribution in [0.4, 0.5) is 4.79 Å². The van der Waals surface area contributed by atoms with Crippen molar-refractivity contribution in [3.8, 4) is 5.69 Å². The first kappa shape index (κ1) is 15.6. The maximum Gasteiger partial charge on any atom is 0.324 e. The number of nitrogens with zero attached hydrogens (tertiary/aromatic N) is 3. The van der Waals surface area contributed by atoms with Gasteiger partial charge >= 0.3 is 6.03 Å². The molecule has 7 heteroatoms. The summed E-state index contributed by atoms with van der Waals surface area (Å²) in [5.74, 6) is 0.439. The Morgan fingerprint density at radius 1 is 1.26 bits per heavy atom. The predicted molar refractivity (Wildman–Crippen MR) is 88.9 cm³/mol. The first-order valence-electron chi connectivity index (χ1n) is 7.38. The van der Waals surface area contributed by atoms with Crippen LogP contribution in [0.5, 0.6) is 0 Å². The minimum Gasteiger partial charge on any atom is -0.329 e. The van der Waals surface area contributed by atoms with Crippen molar-refractivity contribution in [1.82, 2.24) is 19.8 Å². The van der Waals surface area contributed by atoms with Crippen LogP contribution >= 0.6 is 11.8 Å². The van der Waals surface area contributed by atoms with Gasteiger partial charge in [-0.1, -0.05) is 17.8 Å². The number of nitrogens with one attached hydrogen (secondary N) is 1. The van der Waals surface area contributed by atoms with E-state index in [9.17, 15) is 9.59 Å². The molecular weight excluding hydrogens is 312 g/mol. The average molecular weight is 330 g/mol. The molecule has 0 radical (unpaired) electrons. The molecule has 0 aliphatic carbocycles. The SMILES string of the molecule is Cc1ccc(-n2ccnc2SCCN2C(=O)CNC2=O)cc1C. The van der Waals surface area contributed by atoms with Gasteiger partial charge in [0.1, 0.15) is 0 Å². The van der Waals surface area contributed by atoms with Gasteiger partial charge in [0.25, 0.3) is 0 Å². The number of benzene rings is 1. The Bertz CT molecular complexity index is 740. The molecular formula is C16H18N4O2S. The number of urea groups is 1. The fourth-order valence-electron chi connectivity index (χ4n) is 2.38. The van der Waals surface area contributed by atoms with Crippen molar-refractivity contribution >= 4 is 23.7 Å². The van der Waals surface area contributed by atoms with Crippen LogP contribution in [0.15, 0.2) is 35.7 Å². The van der Waals surface area contributed by atoms with E-state index in [4.69, 9.17) is 0 Å². The molecule has 2 aromatic rings. The quantitative estimate of drug-likeness (QED) is 0.674. The second-order valence-electron chi connectivity index (χ2n) is 5.40. The molecule has 23 heavy (non-hydrogen) atoms. The molecule has 120 valence electrons. The van der Waals surface area contributed by atoms with Gasteiger partial charge in [0.15, 0.2) is 5.16 Å². The number of aromatic nitrogens is 2. The van der Waals surface area contributed by atoms with Crippen LogP contribution in [0.1, 0.15) is 11.1 Å². The zero-order valence-corrected chi connectivity index (χ0v) is 13.9. The first-order chi connectivity index (χ1) is 11.1. The van der Waals surface area contributed by atoms with E-state index in [0.29, 0.717) is 12.3 Å². The summed E-state index contributed by atoms with van der Waals surface area (Å²) in [4.78, 5) is 28.7. The lowest BCUT2D eigenvalue weighted by Gasteiger charge is -2.12. The van der Waals surface area contributed by atoms with Crippen LogP contribution in [0, 0.1) is 13.8 Å². The molecule has 1 aromatic heterocycles. The monoisotopic (exact) mass is 330 g/mol. The highest BCUT2D eigenvalue weighted by molar-refractivity contribution is 7.99. The molecule has 1 N–H and O–H groups in total. The maximum atomic E-state index is 11.5. The topological polar surface area (TPSA) is 67.2 Å². The number of imidazole rings is 1. The van der Waals surface area contributed by atoms with Gasteiger partial charge in [-0.05, 0) is 37.1 Å². The van der Waals surface area contributed by atoms with Crippen molar-refractivity contribution in [2.45, 2.75) is 19.0 Å². The molecule has 3 rings (SSSR count). The minimum absolute atomic E-state index is 0.0980. The average Bonchev–Trinajstić information content (AvgIpc) is 3.11. The standard InChI is InChI=1S/C16H18N4O2S/c1-11-3-4-13(9-12(11)2)19-6-5-17-16(19)23-8-7-20-14(21)10-18-15(20)22/h3-6,9H,7-8,10H2,1-2H3,(H,18,22). The van der Waals surface area contributed by atoms with Crippen molar-refractivity contribution < 1.29 is 9.59 Å². The number of carbonyl (C=O) groups is 2. The third-order valence-corrected chi connectivity index (χ3v) is 4.81. The van der Waals surface area contributed by atoms with Crippen molar-refractivity contribution in [2.24, 2.45) is 0 Å². The Hall–Kier alpha value is -2.28. The molecule has 0 bridgehead atoms. The Kier molecular flexibility index (Phi) is 4.38. The van der Waals surface area contributed by atoms with Crippen LogP contribution in [-0.4, -0.2) is 45.2 Å². The fourth-order valence-corrected chi connectivity index (χ4v) is 3.28. The van der Waals surface area contributed by atoms with Crippen LogP contribution in [0.25, 0.3) is 5.69 Å². The second-order valence-corrected chi connectivity index (χ2v) is 6.46. The molecule has 3 amide bonds. The van der Waals surface area contributed by atoms with Crippen LogP contribution in [0.3, 0.4) is 0 Å². The fraction of sp³-hybridized carbons (Fsp3) is 0.312. The van der Waals surface area contributed by atoms with E-state index in [0.717, 1.165) is 10.8 Å². The molecule has 0 spiro atoms. The Morgan fingerprint density at radius 2 is 2.09 bits per heavy atom. The van der Waals surface area contributed by atoms with E-state index in [2.05, 4.69) is 42.3 Å². The van der Waals surface area contributed by atoms with Gasteiger partial charge in [-0.2, -0.15) is 0 Å². The lowest BCUT2D eigenvalue weighted by Crippen LogP contribution is -2.32. The molecule has 0 unspecified atom stereocenters. The Morgan fingerprint density at radius 3 is 2.78 bits per heavy atom. The van der Waals surface area contributed by atoms with Crippen molar-refractivity contribution in [3.05, 3.63) is 41.7 Å². The number of aryl methyl sites for hydroxylation is 2. The summed E-state index contributed by atoms with van der Waals surface area (Å²) in [5, 5.41) is 3.37. The second kappa shape index (κ2) is 6.45. The summed E-state index contributed by atoms with van der Waals surface area (Å²) >= 11 is 1.53. The summed E-state index contributed by atoms with van der Waals surface area (Å²) in [6.45, 7) is 4.65. The molecule has 2 heterocycles. The number of hydrogen-bond donors (Lipinski definition) is 1. The molecule has 6 nitrogen and oxygen atoms in total. The van der Waals surface area contributed by atoms with E-state index in [1.807, 2.05) is 10.8 Å². The lowest BCUT2D eigenvalue weighted by atomic mass is 10.1. The smallest absolute Gasteiger partial charge is 0.324 e. The zero-order valence-electron chi connectivity index (χ0n) is 13.1. The number of hydrogen-bond acceptors (Lipinski definition) is 4. The van der Waals surface area contributed by atoms with Gasteiger partial charge in [-0.3, -0.25) is 14.3 Å². The first-order valence-corrected chi connectivity index (χ1v) is 8.37. The number of amides is 3. The van der Waals surface area contributed by atoms with Crippen molar-refractivity contribution in [3.63, 3.8) is 0 Å². The summed E-state index contributed by atoms with van der Waals surface area (Å²) in [7, 11) is 0. The Labute approximate surface area is 138 Å². The molecule has 1 fully saturated rings. The number of carbonyl (C=O) groups excluding carboxylic acids is 2. The zero-order chi connectivity index (χ0) is 16.4. The third kappa shape index (κ3) is 3.24. The van der Waals surface area contributed by atoms with Crippen molar-refractivity contribution in [2.75, 3.05) is 18.8 Å². The van der Waals surface area contributed by atoms with Gasteiger partial charge in [0.05, 0.1) is 6.54 Å². The van der Waals surface area contributed by atoms with Gasteiger partial charge in [-0.15, -0.1) is 0 Å². The van der Waals surface area contributed by atoms with Gasteiger partial charge < -0.3 is 5.32 Å². The molecule has 1 aromatic carbocycles. The Balaban J connectivity index is 1.68. The van der Waals surface area contributed by atoms with E-state index in [-0.39, 0.29) is 18.5 Å². The van der Waals surface area contributed by atoms with E-state index < -0.39 is 0 Å². The van der Waals surface area contributed by atoms with Gasteiger partial charge in [0, 0.05) is 30.4 Å². The number of thioether (sulfide) groups is 1. The normalized spacial score (nSPS) is 14.4. The molecule has 1 saturated heterocycles. The summed E-state index contributed by atoms with van der Waals surface area (Å²) in [5.41, 5.74) is 3.54. The lowest BCUT2D eigenvalue weighted by molar-refractivity contribution is -0.124. The van der Waals surface area contributed by atoms with Crippen LogP contribution in [-0.2, 0) is 4.79 Å². The molecule has 1 aliphatic heterocycles. The van der Waals surface area contributed by atoms with Gasteiger partial charge in [0.2, 0.25) is 5.91 Å². The maximum absolute atomic E-state index is 11.5. The van der Waals surface area contributed by atoms with Crippen LogP contribution in [0.2, 0.25) is 0 Å². The van der Waals surface area contributed by atoms with E-state index in [1.54, 1.807) is 6.20 Å². The summed E-state index contributed by atoms with van der Waals surface area (Å²) in [6.07, 6.45) is 3.67. The highest BCUT2D eigenvalue weighted by Crippen LogP contribution is 2.22.